The molecule has 0 unspecified atom stereocenters. The Kier molecular flexibility index (Phi) is 8.80. The fourth-order valence-electron chi connectivity index (χ4n) is 3.01. The standard InChI is InChI=1S/C24H31ClN2O2S/c1-17-9-8-10-19(13-17)14-27(18(2)23(29)26-24(3,4)5)22(28)16-30-15-20-11-6-7-12-21(20)25/h6-13,18H,14-16H2,1-5H3,(H,26,29)/t18-/m0/s1. The number of benzene rings is 2. The molecule has 0 saturated carbocycles. The molecule has 30 heavy (non-hydrogen) atoms. The molecule has 2 aromatic rings. The Balaban J connectivity index is 2.11. The molecule has 0 aromatic heterocycles. The Hall–Kier alpha value is -1.98. The molecule has 0 aliphatic rings. The molecule has 6 heteroatoms. The van der Waals surface area contributed by atoms with Gasteiger partial charge in [0, 0.05) is 22.9 Å². The van der Waals surface area contributed by atoms with Crippen LogP contribution in [0.3, 0.4) is 0 Å². The van der Waals surface area contributed by atoms with Crippen molar-refractivity contribution in [3.05, 3.63) is 70.2 Å². The largest absolute Gasteiger partial charge is 0.350 e. The zero-order chi connectivity index (χ0) is 22.3. The van der Waals surface area contributed by atoms with E-state index in [1.165, 1.54) is 11.8 Å². The summed E-state index contributed by atoms with van der Waals surface area (Å²) in [5.74, 6) is 0.709. The molecule has 2 amide bonds. The molecule has 2 aromatic carbocycles. The number of carbonyl (C=O) groups is 2. The summed E-state index contributed by atoms with van der Waals surface area (Å²) in [7, 11) is 0. The predicted octanol–water partition coefficient (Wildman–Crippen LogP) is 5.21. The van der Waals surface area contributed by atoms with Crippen LogP contribution in [0.2, 0.25) is 5.02 Å². The molecule has 4 nitrogen and oxygen atoms in total. The first-order valence-electron chi connectivity index (χ1n) is 10.0. The van der Waals surface area contributed by atoms with Crippen LogP contribution >= 0.6 is 23.4 Å². The van der Waals surface area contributed by atoms with Crippen LogP contribution in [0, 0.1) is 6.92 Å². The van der Waals surface area contributed by atoms with Gasteiger partial charge in [-0.2, -0.15) is 0 Å². The Morgan fingerprint density at radius 3 is 2.47 bits per heavy atom. The topological polar surface area (TPSA) is 49.4 Å². The molecule has 0 fully saturated rings. The lowest BCUT2D eigenvalue weighted by molar-refractivity contribution is -0.139. The lowest BCUT2D eigenvalue weighted by Crippen LogP contribution is -2.52. The molecule has 0 bridgehead atoms. The van der Waals surface area contributed by atoms with Crippen molar-refractivity contribution in [2.24, 2.45) is 0 Å². The van der Waals surface area contributed by atoms with E-state index in [9.17, 15) is 9.59 Å². The maximum Gasteiger partial charge on any atom is 0.242 e. The molecular formula is C24H31ClN2O2S. The van der Waals surface area contributed by atoms with Gasteiger partial charge in [-0.25, -0.2) is 0 Å². The Morgan fingerprint density at radius 2 is 1.83 bits per heavy atom. The normalized spacial score (nSPS) is 12.3. The van der Waals surface area contributed by atoms with Gasteiger partial charge in [-0.05, 0) is 51.8 Å². The van der Waals surface area contributed by atoms with Gasteiger partial charge in [-0.3, -0.25) is 9.59 Å². The highest BCUT2D eigenvalue weighted by Crippen LogP contribution is 2.22. The Morgan fingerprint density at radius 1 is 1.13 bits per heavy atom. The molecule has 2 rings (SSSR count). The number of thioether (sulfide) groups is 1. The maximum atomic E-state index is 13.1. The third-order valence-corrected chi connectivity index (χ3v) is 5.88. The van der Waals surface area contributed by atoms with Crippen LogP contribution in [0.25, 0.3) is 0 Å². The van der Waals surface area contributed by atoms with Gasteiger partial charge < -0.3 is 10.2 Å². The molecule has 0 heterocycles. The van der Waals surface area contributed by atoms with Crippen molar-refractivity contribution >= 4 is 35.2 Å². The van der Waals surface area contributed by atoms with Gasteiger partial charge in [0.15, 0.2) is 0 Å². The van der Waals surface area contributed by atoms with E-state index in [2.05, 4.69) is 5.32 Å². The second kappa shape index (κ2) is 10.9. The number of rotatable bonds is 8. The van der Waals surface area contributed by atoms with E-state index in [4.69, 9.17) is 11.6 Å². The first-order valence-corrected chi connectivity index (χ1v) is 11.6. The van der Waals surface area contributed by atoms with Crippen LogP contribution in [0.1, 0.15) is 44.4 Å². The second-order valence-electron chi connectivity index (χ2n) is 8.51. The molecule has 1 atom stereocenters. The van der Waals surface area contributed by atoms with Gasteiger partial charge in [0.05, 0.1) is 5.75 Å². The summed E-state index contributed by atoms with van der Waals surface area (Å²) < 4.78 is 0. The van der Waals surface area contributed by atoms with Crippen LogP contribution < -0.4 is 5.32 Å². The number of nitrogens with one attached hydrogen (secondary N) is 1. The van der Waals surface area contributed by atoms with Gasteiger partial charge in [0.2, 0.25) is 11.8 Å². The molecule has 0 radical (unpaired) electrons. The number of hydrogen-bond donors (Lipinski definition) is 1. The lowest BCUT2D eigenvalue weighted by atomic mass is 10.1. The first-order chi connectivity index (χ1) is 14.1. The summed E-state index contributed by atoms with van der Waals surface area (Å²) >= 11 is 7.72. The van der Waals surface area contributed by atoms with Crippen molar-refractivity contribution in [3.63, 3.8) is 0 Å². The zero-order valence-electron chi connectivity index (χ0n) is 18.4. The molecule has 0 saturated heterocycles. The fraction of sp³-hybridized carbons (Fsp3) is 0.417. The van der Waals surface area contributed by atoms with Crippen LogP contribution in [0.15, 0.2) is 48.5 Å². The monoisotopic (exact) mass is 446 g/mol. The number of halogens is 1. The van der Waals surface area contributed by atoms with Gasteiger partial charge in [-0.1, -0.05) is 59.6 Å². The summed E-state index contributed by atoms with van der Waals surface area (Å²) in [5.41, 5.74) is 2.78. The fourth-order valence-corrected chi connectivity index (χ4v) is 4.21. The predicted molar refractivity (Wildman–Crippen MR) is 127 cm³/mol. The Labute approximate surface area is 189 Å². The number of amides is 2. The third kappa shape index (κ3) is 7.69. The summed E-state index contributed by atoms with van der Waals surface area (Å²) in [4.78, 5) is 27.5. The second-order valence-corrected chi connectivity index (χ2v) is 9.90. The summed E-state index contributed by atoms with van der Waals surface area (Å²) in [6.07, 6.45) is 0. The number of nitrogens with zero attached hydrogens (tertiary/aromatic N) is 1. The number of hydrogen-bond acceptors (Lipinski definition) is 3. The van der Waals surface area contributed by atoms with Gasteiger partial charge >= 0.3 is 0 Å². The van der Waals surface area contributed by atoms with E-state index in [1.807, 2.05) is 76.2 Å². The molecule has 1 N–H and O–H groups in total. The van der Waals surface area contributed by atoms with E-state index in [0.717, 1.165) is 16.7 Å². The van der Waals surface area contributed by atoms with E-state index in [-0.39, 0.29) is 23.1 Å². The highest BCUT2D eigenvalue weighted by molar-refractivity contribution is 7.99. The molecule has 0 spiro atoms. The minimum Gasteiger partial charge on any atom is -0.350 e. The highest BCUT2D eigenvalue weighted by Gasteiger charge is 2.28. The van der Waals surface area contributed by atoms with E-state index in [0.29, 0.717) is 17.3 Å². The minimum absolute atomic E-state index is 0.0647. The lowest BCUT2D eigenvalue weighted by Gasteiger charge is -2.31. The van der Waals surface area contributed by atoms with Crippen molar-refractivity contribution in [1.82, 2.24) is 10.2 Å². The summed E-state index contributed by atoms with van der Waals surface area (Å²) in [6, 6.07) is 15.1. The minimum atomic E-state index is -0.571. The number of carbonyl (C=O) groups excluding carboxylic acids is 2. The van der Waals surface area contributed by atoms with Crippen molar-refractivity contribution in [2.75, 3.05) is 5.75 Å². The first kappa shape index (κ1) is 24.3. The van der Waals surface area contributed by atoms with Crippen LogP contribution in [-0.2, 0) is 21.9 Å². The smallest absolute Gasteiger partial charge is 0.242 e. The van der Waals surface area contributed by atoms with Gasteiger partial charge in [0.1, 0.15) is 6.04 Å². The van der Waals surface area contributed by atoms with Crippen LogP contribution in [-0.4, -0.2) is 34.0 Å². The average Bonchev–Trinajstić information content (AvgIpc) is 2.65. The van der Waals surface area contributed by atoms with Crippen molar-refractivity contribution in [3.8, 4) is 0 Å². The van der Waals surface area contributed by atoms with E-state index < -0.39 is 6.04 Å². The summed E-state index contributed by atoms with van der Waals surface area (Å²) in [6.45, 7) is 10.0. The average molecular weight is 447 g/mol. The van der Waals surface area contributed by atoms with E-state index >= 15 is 0 Å². The quantitative estimate of drug-likeness (QED) is 0.605. The van der Waals surface area contributed by atoms with Crippen molar-refractivity contribution in [1.29, 1.82) is 0 Å². The van der Waals surface area contributed by atoms with Crippen LogP contribution in [0.4, 0.5) is 0 Å². The summed E-state index contributed by atoms with van der Waals surface area (Å²) in [5, 5.41) is 3.68. The van der Waals surface area contributed by atoms with Gasteiger partial charge in [-0.15, -0.1) is 11.8 Å². The molecule has 0 aliphatic carbocycles. The molecule has 0 aliphatic heterocycles. The highest BCUT2D eigenvalue weighted by atomic mass is 35.5. The van der Waals surface area contributed by atoms with E-state index in [1.54, 1.807) is 11.8 Å². The SMILES string of the molecule is Cc1cccc(CN(C(=O)CSCc2ccccc2Cl)[C@@H](C)C(=O)NC(C)(C)C)c1. The molecular weight excluding hydrogens is 416 g/mol. The Bertz CT molecular complexity index is 880. The van der Waals surface area contributed by atoms with Crippen molar-refractivity contribution < 1.29 is 9.59 Å². The zero-order valence-corrected chi connectivity index (χ0v) is 19.9. The van der Waals surface area contributed by atoms with Crippen molar-refractivity contribution in [2.45, 2.75) is 58.5 Å². The van der Waals surface area contributed by atoms with Gasteiger partial charge in [0.25, 0.3) is 0 Å². The third-order valence-electron chi connectivity index (χ3n) is 4.54. The number of aryl methyl sites for hydroxylation is 1. The maximum absolute atomic E-state index is 13.1. The van der Waals surface area contributed by atoms with Crippen LogP contribution in [0.5, 0.6) is 0 Å². The molecule has 162 valence electrons.